The third kappa shape index (κ3) is 7.43. The minimum atomic E-state index is -0.326. The highest BCUT2D eigenvalue weighted by Gasteiger charge is 2.07. The van der Waals surface area contributed by atoms with Crippen LogP contribution in [-0.4, -0.2) is 53.1 Å². The van der Waals surface area contributed by atoms with Gasteiger partial charge in [-0.1, -0.05) is 13.3 Å². The maximum Gasteiger partial charge on any atom is 0.338 e. The lowest BCUT2D eigenvalue weighted by molar-refractivity contribution is 0.0143. The van der Waals surface area contributed by atoms with Crippen LogP contribution in [0.15, 0.2) is 24.3 Å². The standard InChI is InChI=1S/C17H27NO4/c1-4-5-10-20-11-12-21-13-14-22-17(19)15-6-8-16(9-7-15)18(2)3/h6-9H,4-5,10-14H2,1-3H3. The van der Waals surface area contributed by atoms with Crippen molar-refractivity contribution in [2.75, 3.05) is 52.0 Å². The van der Waals surface area contributed by atoms with Gasteiger partial charge in [0.1, 0.15) is 6.61 Å². The van der Waals surface area contributed by atoms with E-state index < -0.39 is 0 Å². The first-order chi connectivity index (χ1) is 10.6. The lowest BCUT2D eigenvalue weighted by Crippen LogP contribution is -2.13. The smallest absolute Gasteiger partial charge is 0.338 e. The molecule has 0 atom stereocenters. The number of carbonyl (C=O) groups excluding carboxylic acids is 1. The summed E-state index contributed by atoms with van der Waals surface area (Å²) < 4.78 is 15.9. The van der Waals surface area contributed by atoms with Gasteiger partial charge in [-0.2, -0.15) is 0 Å². The molecule has 0 bridgehead atoms. The Hall–Kier alpha value is -1.59. The quantitative estimate of drug-likeness (QED) is 0.465. The van der Waals surface area contributed by atoms with Crippen LogP contribution in [0.2, 0.25) is 0 Å². The fourth-order valence-corrected chi connectivity index (χ4v) is 1.74. The largest absolute Gasteiger partial charge is 0.460 e. The van der Waals surface area contributed by atoms with Crippen molar-refractivity contribution in [3.8, 4) is 0 Å². The van der Waals surface area contributed by atoms with E-state index in [2.05, 4.69) is 6.92 Å². The average Bonchev–Trinajstić information content (AvgIpc) is 2.53. The first-order valence-electron chi connectivity index (χ1n) is 7.75. The van der Waals surface area contributed by atoms with Crippen molar-refractivity contribution in [3.63, 3.8) is 0 Å². The summed E-state index contributed by atoms with van der Waals surface area (Å²) in [5, 5.41) is 0. The molecule has 0 unspecified atom stereocenters. The van der Waals surface area contributed by atoms with Crippen molar-refractivity contribution < 1.29 is 19.0 Å². The third-order valence-corrected chi connectivity index (χ3v) is 3.09. The zero-order valence-corrected chi connectivity index (χ0v) is 13.8. The molecule has 5 nitrogen and oxygen atoms in total. The molecule has 0 saturated heterocycles. The number of esters is 1. The topological polar surface area (TPSA) is 48.0 Å². The van der Waals surface area contributed by atoms with Crippen molar-refractivity contribution in [1.29, 1.82) is 0 Å². The molecule has 1 aromatic carbocycles. The predicted octanol–water partition coefficient (Wildman–Crippen LogP) is 2.74. The van der Waals surface area contributed by atoms with Crippen LogP contribution in [0, 0.1) is 0 Å². The number of ether oxygens (including phenoxy) is 3. The lowest BCUT2D eigenvalue weighted by atomic mass is 10.2. The summed E-state index contributed by atoms with van der Waals surface area (Å²) >= 11 is 0. The molecule has 0 fully saturated rings. The molecule has 0 saturated carbocycles. The Morgan fingerprint density at radius 1 is 0.955 bits per heavy atom. The molecular formula is C17H27NO4. The monoisotopic (exact) mass is 309 g/mol. The molecule has 0 heterocycles. The van der Waals surface area contributed by atoms with E-state index in [0.29, 0.717) is 25.4 Å². The lowest BCUT2D eigenvalue weighted by Gasteiger charge is -2.12. The molecule has 0 N–H and O–H groups in total. The molecule has 0 aromatic heterocycles. The van der Waals surface area contributed by atoms with E-state index in [9.17, 15) is 4.79 Å². The minimum absolute atomic E-state index is 0.253. The molecular weight excluding hydrogens is 282 g/mol. The van der Waals surface area contributed by atoms with Crippen LogP contribution in [0.1, 0.15) is 30.1 Å². The van der Waals surface area contributed by atoms with E-state index in [4.69, 9.17) is 14.2 Å². The summed E-state index contributed by atoms with van der Waals surface area (Å²) in [7, 11) is 3.91. The van der Waals surface area contributed by atoms with Crippen LogP contribution in [0.25, 0.3) is 0 Å². The van der Waals surface area contributed by atoms with Crippen LogP contribution < -0.4 is 4.90 Å². The molecule has 0 aliphatic carbocycles. The fourth-order valence-electron chi connectivity index (χ4n) is 1.74. The Bertz CT molecular complexity index is 417. The first kappa shape index (κ1) is 18.5. The Morgan fingerprint density at radius 3 is 2.14 bits per heavy atom. The van der Waals surface area contributed by atoms with Gasteiger partial charge in [-0.15, -0.1) is 0 Å². The molecule has 124 valence electrons. The second-order valence-corrected chi connectivity index (χ2v) is 5.16. The zero-order valence-electron chi connectivity index (χ0n) is 13.8. The van der Waals surface area contributed by atoms with Gasteiger partial charge < -0.3 is 19.1 Å². The van der Waals surface area contributed by atoms with E-state index in [1.807, 2.05) is 31.1 Å². The van der Waals surface area contributed by atoms with Crippen molar-refractivity contribution in [2.24, 2.45) is 0 Å². The number of carbonyl (C=O) groups is 1. The number of nitrogens with zero attached hydrogens (tertiary/aromatic N) is 1. The van der Waals surface area contributed by atoms with Crippen molar-refractivity contribution >= 4 is 11.7 Å². The van der Waals surface area contributed by atoms with Crippen LogP contribution in [0.3, 0.4) is 0 Å². The van der Waals surface area contributed by atoms with Crippen LogP contribution >= 0.6 is 0 Å². The fraction of sp³-hybridized carbons (Fsp3) is 0.588. The summed E-state index contributed by atoms with van der Waals surface area (Å²) in [6, 6.07) is 7.31. The van der Waals surface area contributed by atoms with Gasteiger partial charge in [0.2, 0.25) is 0 Å². The molecule has 5 heteroatoms. The van der Waals surface area contributed by atoms with Crippen molar-refractivity contribution in [3.05, 3.63) is 29.8 Å². The maximum atomic E-state index is 11.8. The number of hydrogen-bond acceptors (Lipinski definition) is 5. The third-order valence-electron chi connectivity index (χ3n) is 3.09. The average molecular weight is 309 g/mol. The Labute approximate surface area is 133 Å². The summed E-state index contributed by atoms with van der Waals surface area (Å²) in [5.74, 6) is -0.326. The van der Waals surface area contributed by atoms with Gasteiger partial charge in [0.15, 0.2) is 0 Å². The van der Waals surface area contributed by atoms with E-state index in [0.717, 1.165) is 25.1 Å². The maximum absolute atomic E-state index is 11.8. The highest BCUT2D eigenvalue weighted by atomic mass is 16.6. The second kappa shape index (κ2) is 11.0. The van der Waals surface area contributed by atoms with Gasteiger partial charge in [-0.25, -0.2) is 4.79 Å². The van der Waals surface area contributed by atoms with Gasteiger partial charge >= 0.3 is 5.97 Å². The van der Waals surface area contributed by atoms with Crippen molar-refractivity contribution in [2.45, 2.75) is 19.8 Å². The van der Waals surface area contributed by atoms with E-state index in [-0.39, 0.29) is 12.6 Å². The Morgan fingerprint density at radius 2 is 1.55 bits per heavy atom. The van der Waals surface area contributed by atoms with Gasteiger partial charge in [-0.05, 0) is 30.7 Å². The number of rotatable bonds is 11. The highest BCUT2D eigenvalue weighted by molar-refractivity contribution is 5.89. The summed E-state index contributed by atoms with van der Waals surface area (Å²) in [6.07, 6.45) is 2.20. The highest BCUT2D eigenvalue weighted by Crippen LogP contribution is 2.12. The van der Waals surface area contributed by atoms with Crippen LogP contribution in [0.4, 0.5) is 5.69 Å². The van der Waals surface area contributed by atoms with Crippen molar-refractivity contribution in [1.82, 2.24) is 0 Å². The number of benzene rings is 1. The number of hydrogen-bond donors (Lipinski definition) is 0. The Balaban J connectivity index is 2.10. The SMILES string of the molecule is CCCCOCCOCCOC(=O)c1ccc(N(C)C)cc1. The van der Waals surface area contributed by atoms with E-state index in [1.54, 1.807) is 12.1 Å². The van der Waals surface area contributed by atoms with Crippen LogP contribution in [0.5, 0.6) is 0 Å². The van der Waals surface area contributed by atoms with Gasteiger partial charge in [0, 0.05) is 26.4 Å². The second-order valence-electron chi connectivity index (χ2n) is 5.16. The molecule has 1 aromatic rings. The molecule has 0 aliphatic heterocycles. The summed E-state index contributed by atoms with van der Waals surface area (Å²) in [4.78, 5) is 13.8. The van der Waals surface area contributed by atoms with E-state index in [1.165, 1.54) is 0 Å². The predicted molar refractivity (Wildman–Crippen MR) is 87.6 cm³/mol. The molecule has 0 amide bonds. The summed E-state index contributed by atoms with van der Waals surface area (Å²) in [6.45, 7) is 4.65. The zero-order chi connectivity index (χ0) is 16.2. The van der Waals surface area contributed by atoms with Crippen LogP contribution in [-0.2, 0) is 14.2 Å². The normalized spacial score (nSPS) is 10.5. The molecule has 0 radical (unpaired) electrons. The van der Waals surface area contributed by atoms with Gasteiger partial charge in [0.25, 0.3) is 0 Å². The Kier molecular flexibility index (Phi) is 9.26. The molecule has 0 spiro atoms. The van der Waals surface area contributed by atoms with E-state index >= 15 is 0 Å². The first-order valence-corrected chi connectivity index (χ1v) is 7.75. The minimum Gasteiger partial charge on any atom is -0.460 e. The van der Waals surface area contributed by atoms with Gasteiger partial charge in [0.05, 0.1) is 25.4 Å². The molecule has 22 heavy (non-hydrogen) atoms. The number of anilines is 1. The molecule has 0 aliphatic rings. The molecule has 1 rings (SSSR count). The van der Waals surface area contributed by atoms with Gasteiger partial charge in [-0.3, -0.25) is 0 Å². The number of unbranched alkanes of at least 4 members (excludes halogenated alkanes) is 1. The summed E-state index contributed by atoms with van der Waals surface area (Å²) in [5.41, 5.74) is 1.59.